The van der Waals surface area contributed by atoms with Crippen LogP contribution in [0.25, 0.3) is 0 Å². The molecule has 13 heavy (non-hydrogen) atoms. The zero-order chi connectivity index (χ0) is 9.47. The van der Waals surface area contributed by atoms with Gasteiger partial charge in [-0.05, 0) is 26.7 Å². The molecule has 72 valence electrons. The molecule has 1 saturated carbocycles. The van der Waals surface area contributed by atoms with Crippen molar-refractivity contribution in [2.45, 2.75) is 38.4 Å². The van der Waals surface area contributed by atoms with E-state index in [1.165, 1.54) is 38.0 Å². The van der Waals surface area contributed by atoms with Crippen LogP contribution in [0.3, 0.4) is 0 Å². The maximum absolute atomic E-state index is 13.4. The zero-order valence-corrected chi connectivity index (χ0v) is 8.62. The second-order valence-corrected chi connectivity index (χ2v) is 4.79. The van der Waals surface area contributed by atoms with Gasteiger partial charge in [0.1, 0.15) is 5.67 Å². The zero-order valence-electron chi connectivity index (χ0n) is 7.80. The Kier molecular flexibility index (Phi) is 2.02. The third-order valence-electron chi connectivity index (χ3n) is 2.02. The Hall–Kier alpha value is -0.640. The van der Waals surface area contributed by atoms with Gasteiger partial charge in [0.05, 0.1) is 5.69 Å². The summed E-state index contributed by atoms with van der Waals surface area (Å²) < 4.78 is 13.4. The molecule has 2 rings (SSSR count). The highest BCUT2D eigenvalue weighted by molar-refractivity contribution is 7.13. The molecule has 1 aliphatic carbocycles. The van der Waals surface area contributed by atoms with Gasteiger partial charge in [-0.15, -0.1) is 11.3 Å². The molecule has 0 saturated heterocycles. The molecule has 0 atom stereocenters. The maximum Gasteiger partial charge on any atom is 0.183 e. The van der Waals surface area contributed by atoms with Crippen molar-refractivity contribution < 1.29 is 4.39 Å². The van der Waals surface area contributed by atoms with Crippen molar-refractivity contribution in [1.29, 1.82) is 0 Å². The first-order chi connectivity index (χ1) is 6.05. The summed E-state index contributed by atoms with van der Waals surface area (Å²) in [6.07, 6.45) is 2.43. The van der Waals surface area contributed by atoms with Gasteiger partial charge in [-0.2, -0.15) is 0 Å². The number of halogens is 1. The summed E-state index contributed by atoms with van der Waals surface area (Å²) >= 11 is 1.48. The number of nitrogens with zero attached hydrogens (tertiary/aromatic N) is 1. The van der Waals surface area contributed by atoms with Gasteiger partial charge < -0.3 is 5.32 Å². The number of thiazole rings is 1. The van der Waals surface area contributed by atoms with Crippen molar-refractivity contribution in [2.75, 3.05) is 5.32 Å². The van der Waals surface area contributed by atoms with Crippen LogP contribution in [0.2, 0.25) is 0 Å². The third-order valence-corrected chi connectivity index (χ3v) is 2.79. The molecule has 4 heteroatoms. The summed E-state index contributed by atoms with van der Waals surface area (Å²) in [6.45, 7) is 3.06. The number of hydrogen-bond donors (Lipinski definition) is 1. The standard InChI is InChI=1S/C9H13FN2S/c1-9(2,10)7-5-13-8(12-7)11-6-3-4-6/h5-6H,3-4H2,1-2H3,(H,11,12). The Morgan fingerprint density at radius 1 is 1.62 bits per heavy atom. The van der Waals surface area contributed by atoms with E-state index in [-0.39, 0.29) is 0 Å². The minimum absolute atomic E-state index is 0.528. The number of alkyl halides is 1. The number of anilines is 1. The molecule has 0 radical (unpaired) electrons. The van der Waals surface area contributed by atoms with Crippen LogP contribution in [0.4, 0.5) is 9.52 Å². The Morgan fingerprint density at radius 3 is 2.77 bits per heavy atom. The van der Waals surface area contributed by atoms with E-state index in [9.17, 15) is 4.39 Å². The minimum atomic E-state index is -1.32. The molecule has 1 aromatic rings. The van der Waals surface area contributed by atoms with Gasteiger partial charge in [0, 0.05) is 11.4 Å². The molecular weight excluding hydrogens is 187 g/mol. The van der Waals surface area contributed by atoms with E-state index >= 15 is 0 Å². The molecule has 1 N–H and O–H groups in total. The van der Waals surface area contributed by atoms with Crippen LogP contribution in [-0.4, -0.2) is 11.0 Å². The summed E-state index contributed by atoms with van der Waals surface area (Å²) in [5, 5.41) is 5.88. The first-order valence-electron chi connectivity index (χ1n) is 4.47. The molecule has 1 aromatic heterocycles. The lowest BCUT2D eigenvalue weighted by Gasteiger charge is -2.09. The lowest BCUT2D eigenvalue weighted by Crippen LogP contribution is -2.10. The van der Waals surface area contributed by atoms with Crippen molar-refractivity contribution in [3.8, 4) is 0 Å². The molecule has 0 spiro atoms. The fourth-order valence-corrected chi connectivity index (χ4v) is 1.96. The number of aromatic nitrogens is 1. The van der Waals surface area contributed by atoms with E-state index in [4.69, 9.17) is 0 Å². The van der Waals surface area contributed by atoms with Gasteiger partial charge in [0.2, 0.25) is 0 Å². The fourth-order valence-electron chi connectivity index (χ4n) is 1.02. The van der Waals surface area contributed by atoms with Crippen molar-refractivity contribution in [3.05, 3.63) is 11.1 Å². The smallest absolute Gasteiger partial charge is 0.183 e. The van der Waals surface area contributed by atoms with E-state index in [0.29, 0.717) is 11.7 Å². The molecule has 0 aromatic carbocycles. The molecule has 1 fully saturated rings. The van der Waals surface area contributed by atoms with Crippen molar-refractivity contribution in [1.82, 2.24) is 4.98 Å². The first kappa shape index (κ1) is 8.94. The van der Waals surface area contributed by atoms with Crippen LogP contribution in [-0.2, 0) is 5.67 Å². The highest BCUT2D eigenvalue weighted by Gasteiger charge is 2.25. The Labute approximate surface area is 81.2 Å². The van der Waals surface area contributed by atoms with Gasteiger partial charge in [-0.1, -0.05) is 0 Å². The lowest BCUT2D eigenvalue weighted by atomic mass is 10.1. The van der Waals surface area contributed by atoms with Gasteiger partial charge in [0.25, 0.3) is 0 Å². The number of nitrogens with one attached hydrogen (secondary N) is 1. The van der Waals surface area contributed by atoms with Crippen molar-refractivity contribution in [2.24, 2.45) is 0 Å². The largest absolute Gasteiger partial charge is 0.359 e. The van der Waals surface area contributed by atoms with Crippen molar-refractivity contribution in [3.63, 3.8) is 0 Å². The second kappa shape index (κ2) is 2.94. The SMILES string of the molecule is CC(C)(F)c1csc(NC2CC2)n1. The predicted octanol–water partition coefficient (Wildman–Crippen LogP) is 2.92. The summed E-state index contributed by atoms with van der Waals surface area (Å²) in [5.41, 5.74) is -0.791. The highest BCUT2D eigenvalue weighted by atomic mass is 32.1. The lowest BCUT2D eigenvalue weighted by molar-refractivity contribution is 0.215. The molecule has 0 unspecified atom stereocenters. The van der Waals surface area contributed by atoms with E-state index in [1.807, 2.05) is 0 Å². The highest BCUT2D eigenvalue weighted by Crippen LogP contribution is 2.31. The third kappa shape index (κ3) is 2.18. The van der Waals surface area contributed by atoms with E-state index < -0.39 is 5.67 Å². The topological polar surface area (TPSA) is 24.9 Å². The average molecular weight is 200 g/mol. The molecular formula is C9H13FN2S. The van der Waals surface area contributed by atoms with Crippen LogP contribution < -0.4 is 5.32 Å². The molecule has 0 bridgehead atoms. The van der Waals surface area contributed by atoms with Gasteiger partial charge in [-0.25, -0.2) is 9.37 Å². The van der Waals surface area contributed by atoms with Gasteiger partial charge >= 0.3 is 0 Å². The van der Waals surface area contributed by atoms with E-state index in [2.05, 4.69) is 10.3 Å². The predicted molar refractivity (Wildman–Crippen MR) is 52.9 cm³/mol. The molecule has 1 aliphatic rings. The quantitative estimate of drug-likeness (QED) is 0.811. The summed E-state index contributed by atoms with van der Waals surface area (Å²) in [7, 11) is 0. The summed E-state index contributed by atoms with van der Waals surface area (Å²) in [6, 6.07) is 0.585. The first-order valence-corrected chi connectivity index (χ1v) is 5.35. The second-order valence-electron chi connectivity index (χ2n) is 3.93. The minimum Gasteiger partial charge on any atom is -0.359 e. The Balaban J connectivity index is 2.08. The van der Waals surface area contributed by atoms with Crippen LogP contribution in [0, 0.1) is 0 Å². The number of rotatable bonds is 3. The van der Waals surface area contributed by atoms with Gasteiger partial charge in [0.15, 0.2) is 5.13 Å². The monoisotopic (exact) mass is 200 g/mol. The Bertz CT molecular complexity index is 299. The average Bonchev–Trinajstić information content (AvgIpc) is 2.63. The molecule has 2 nitrogen and oxygen atoms in total. The van der Waals surface area contributed by atoms with E-state index in [0.717, 1.165) is 5.13 Å². The van der Waals surface area contributed by atoms with Gasteiger partial charge in [-0.3, -0.25) is 0 Å². The van der Waals surface area contributed by atoms with Crippen molar-refractivity contribution >= 4 is 16.5 Å². The van der Waals surface area contributed by atoms with Crippen LogP contribution in [0.1, 0.15) is 32.4 Å². The van der Waals surface area contributed by atoms with Crippen LogP contribution in [0.5, 0.6) is 0 Å². The Morgan fingerprint density at radius 2 is 2.31 bits per heavy atom. The molecule has 0 aliphatic heterocycles. The normalized spacial score (nSPS) is 17.5. The molecule has 0 amide bonds. The molecule has 1 heterocycles. The number of hydrogen-bond acceptors (Lipinski definition) is 3. The fraction of sp³-hybridized carbons (Fsp3) is 0.667. The van der Waals surface area contributed by atoms with E-state index in [1.54, 1.807) is 5.38 Å². The van der Waals surface area contributed by atoms with Crippen LogP contribution >= 0.6 is 11.3 Å². The summed E-state index contributed by atoms with van der Waals surface area (Å²) in [5.74, 6) is 0. The summed E-state index contributed by atoms with van der Waals surface area (Å²) in [4.78, 5) is 4.19. The maximum atomic E-state index is 13.4. The van der Waals surface area contributed by atoms with Crippen LogP contribution in [0.15, 0.2) is 5.38 Å².